The van der Waals surface area contributed by atoms with Crippen LogP contribution in [0.5, 0.6) is 46.0 Å². The van der Waals surface area contributed by atoms with E-state index in [0.29, 0.717) is 11.8 Å². The van der Waals surface area contributed by atoms with Gasteiger partial charge in [-0.3, -0.25) is 48.1 Å². The fourth-order valence-electron chi connectivity index (χ4n) is 14.5. The number of aryl methyl sites for hydroxylation is 2. The second kappa shape index (κ2) is 34.7. The topological polar surface area (TPSA) is 551 Å². The summed E-state index contributed by atoms with van der Waals surface area (Å²) in [7, 11) is 3.23. The number of benzene rings is 5. The van der Waals surface area contributed by atoms with Gasteiger partial charge in [0.25, 0.3) is 0 Å². The highest BCUT2D eigenvalue weighted by Gasteiger charge is 2.54. The van der Waals surface area contributed by atoms with Gasteiger partial charge in [-0.15, -0.1) is 0 Å². The van der Waals surface area contributed by atoms with Gasteiger partial charge in [-0.1, -0.05) is 52.0 Å². The molecule has 0 spiro atoms. The summed E-state index contributed by atoms with van der Waals surface area (Å²) in [5.74, 6) is -14.9. The number of nitrogens with one attached hydrogen (secondary N) is 6. The van der Waals surface area contributed by atoms with Gasteiger partial charge in [0.1, 0.15) is 120 Å². The number of nitrogens with zero attached hydrogens (tertiary/aromatic N) is 1. The van der Waals surface area contributed by atoms with E-state index in [2.05, 4.69) is 31.9 Å². The number of phenolic OH excluding ortho intramolecular Hbond substituents is 3. The van der Waals surface area contributed by atoms with E-state index in [1.54, 1.807) is 38.9 Å². The molecule has 22 unspecified atom stereocenters. The van der Waals surface area contributed by atoms with E-state index in [1.165, 1.54) is 63.2 Å². The van der Waals surface area contributed by atoms with Crippen LogP contribution in [0.4, 0.5) is 0 Å². The molecule has 7 amide bonds. The maximum atomic E-state index is 16.2. The number of phenols is 3. The van der Waals surface area contributed by atoms with E-state index in [-0.39, 0.29) is 74.1 Å². The fourth-order valence-corrected chi connectivity index (χ4v) is 14.5. The molecule has 0 aliphatic carbocycles. The van der Waals surface area contributed by atoms with E-state index >= 15 is 24.0 Å². The number of hydrogen-bond acceptors (Lipinski definition) is 29. The predicted octanol–water partition coefficient (Wildman–Crippen LogP) is -0.312. The average molecular weight is 1590 g/mol. The highest BCUT2D eigenvalue weighted by Crippen LogP contribution is 2.50. The molecule has 0 aromatic heterocycles. The van der Waals surface area contributed by atoms with Crippen molar-refractivity contribution in [2.24, 2.45) is 17.6 Å². The van der Waals surface area contributed by atoms with E-state index < -0.39 is 241 Å². The van der Waals surface area contributed by atoms with Crippen LogP contribution in [0.3, 0.4) is 0 Å². The molecule has 614 valence electrons. The van der Waals surface area contributed by atoms with Gasteiger partial charge in [-0.2, -0.15) is 0 Å². The smallest absolute Gasteiger partial charge is 0.248 e. The molecule has 36 nitrogen and oxygen atoms in total. The molecule has 13 rings (SSSR count). The molecule has 5 aromatic carbocycles. The summed E-state index contributed by atoms with van der Waals surface area (Å²) in [6, 6.07) is 2.53. The number of allylic oxidation sites excluding steroid dienone is 1. The van der Waals surface area contributed by atoms with Crippen molar-refractivity contribution in [1.29, 1.82) is 0 Å². The molecule has 8 heterocycles. The van der Waals surface area contributed by atoms with Gasteiger partial charge in [-0.25, -0.2) is 0 Å². The lowest BCUT2D eigenvalue weighted by molar-refractivity contribution is -0.364. The predicted molar refractivity (Wildman–Crippen MR) is 394 cm³/mol. The van der Waals surface area contributed by atoms with Crippen molar-refractivity contribution >= 4 is 53.4 Å². The first kappa shape index (κ1) is 84.5. The monoisotopic (exact) mass is 1590 g/mol. The van der Waals surface area contributed by atoms with Crippen LogP contribution in [0.25, 0.3) is 11.1 Å². The summed E-state index contributed by atoms with van der Waals surface area (Å²) < 4.78 is 49.8. The van der Waals surface area contributed by atoms with Crippen molar-refractivity contribution in [3.8, 4) is 57.1 Å². The van der Waals surface area contributed by atoms with Crippen molar-refractivity contribution in [2.75, 3.05) is 27.3 Å². The number of aldehydes is 1. The number of fused-ring (bicyclic) bond motifs is 15. The number of nitrogens with two attached hydrogens (primary N) is 1. The quantitative estimate of drug-likeness (QED) is 0.0531. The van der Waals surface area contributed by atoms with Crippen LogP contribution in [0, 0.1) is 32.6 Å². The molecule has 11 bridgehead atoms. The van der Waals surface area contributed by atoms with E-state index in [1.807, 2.05) is 13.8 Å². The summed E-state index contributed by atoms with van der Waals surface area (Å²) in [5.41, 5.74) is 4.93. The zero-order valence-corrected chi connectivity index (χ0v) is 63.6. The van der Waals surface area contributed by atoms with Gasteiger partial charge >= 0.3 is 0 Å². The van der Waals surface area contributed by atoms with Crippen LogP contribution >= 0.6 is 0 Å². The summed E-state index contributed by atoms with van der Waals surface area (Å²) in [6.07, 6.45) is -23.8. The number of carbonyl (C=O) groups is 9. The number of primary amides is 1. The van der Waals surface area contributed by atoms with Gasteiger partial charge < -0.3 is 132 Å². The second-order valence-corrected chi connectivity index (χ2v) is 29.9. The standard InChI is InChI=1S/C78H94N8O28/c1-29(2)17-44(86(9)10)71(102)85-60-62(96)38-13-16-49(31(4)19-38)109-51-22-39-21-50(67(51)112-77-65(99)64(98)69(53(28-89)110-77)114-78-66(100)63(97)68(52(27-88)111-78)113-76-34(7)46(92)23-40(26-87)107-76)108-48-15-12-36(18-30(48)3)32(5)56-72(103)82-57(35(8)90)42-24-47(93)33(6)61(95)55(42)41-20-37(11-14-45(41)91)58(73(104)81-56)84-74(105)59(39)83-70(101)43(25-54(79)94)80-75(60)106/h11-16,18-24,26,29,32,34,43-44,46,52-53,56-60,62-66,68-69,76-78,88-89,91-93,95-100H,17,25,27-28H2,1-10H3,(H2,79,94)(H,80,106)(H,81,104)(H,82,103)(H,83,101)(H,84,105)(H,85,102). The molecule has 36 heteroatoms. The van der Waals surface area contributed by atoms with E-state index in [0.717, 1.165) is 37.3 Å². The second-order valence-electron chi connectivity index (χ2n) is 29.9. The Morgan fingerprint density at radius 3 is 1.78 bits per heavy atom. The lowest BCUT2D eigenvalue weighted by Gasteiger charge is -2.47. The number of aliphatic hydroxyl groups excluding tert-OH is 8. The van der Waals surface area contributed by atoms with Crippen molar-refractivity contribution in [3.63, 3.8) is 0 Å². The molecule has 0 radical (unpaired) electrons. The molecule has 5 aromatic rings. The summed E-state index contributed by atoms with van der Waals surface area (Å²) >= 11 is 0. The number of carbonyl (C=O) groups excluding carboxylic acids is 9. The Morgan fingerprint density at radius 1 is 0.640 bits per heavy atom. The van der Waals surface area contributed by atoms with Gasteiger partial charge in [0.2, 0.25) is 59.7 Å². The maximum absolute atomic E-state index is 16.2. The normalized spacial score (nSPS) is 30.1. The van der Waals surface area contributed by atoms with E-state index in [4.69, 9.17) is 43.6 Å². The van der Waals surface area contributed by atoms with Crippen molar-refractivity contribution in [1.82, 2.24) is 36.8 Å². The molecule has 2 fully saturated rings. The third-order valence-corrected chi connectivity index (χ3v) is 21.1. The number of amides is 7. The maximum Gasteiger partial charge on any atom is 0.248 e. The first-order valence-electron chi connectivity index (χ1n) is 36.8. The summed E-state index contributed by atoms with van der Waals surface area (Å²) in [5, 5.41) is 143. The van der Waals surface area contributed by atoms with Crippen molar-refractivity contribution in [2.45, 2.75) is 196 Å². The molecule has 19 N–H and O–H groups in total. The number of hydrogen-bond donors (Lipinski definition) is 18. The molecule has 8 aliphatic heterocycles. The minimum absolute atomic E-state index is 0.0310. The Hall–Kier alpha value is -10.5. The van der Waals surface area contributed by atoms with Gasteiger partial charge in [0.05, 0.1) is 31.8 Å². The largest absolute Gasteiger partial charge is 0.508 e. The Kier molecular flexibility index (Phi) is 25.7. The zero-order chi connectivity index (χ0) is 83.1. The number of ketones is 1. The van der Waals surface area contributed by atoms with Crippen LogP contribution < -0.4 is 51.8 Å². The van der Waals surface area contributed by atoms with Crippen LogP contribution in [-0.2, 0) is 66.8 Å². The number of rotatable bonds is 17. The van der Waals surface area contributed by atoms with Crippen molar-refractivity contribution < 1.29 is 137 Å². The number of Topliss-reactive ketones (excluding diaryl/α,β-unsaturated/α-hetero) is 1. The summed E-state index contributed by atoms with van der Waals surface area (Å²) in [4.78, 5) is 133. The van der Waals surface area contributed by atoms with Gasteiger partial charge in [-0.05, 0) is 148 Å². The SMILES string of the molecule is CC(=O)C1NC(=O)C2NC(=O)C(NC(=O)C3NC(=O)C(CC(N)=O)NC(=O)C(NC(=O)C(CC(C)C)N(C)C)C(O)c4ccc(c(C)c4)Oc4cc3cc(c4OC3OC(CO)C(OC4OC(CO)C(OC5OC(C=O)=CC(O)C5C)C(O)C4O)C(O)C3O)Oc3ccc(cc3C)C2C)c2ccc(O)c(c2)-c2c1cc(O)c(C)c2O. The first-order valence-corrected chi connectivity index (χ1v) is 36.8. The lowest BCUT2D eigenvalue weighted by atomic mass is 9.86. The highest BCUT2D eigenvalue weighted by atomic mass is 16.8. The molecular formula is C78H94N8O28. The molecule has 2 saturated heterocycles. The molecule has 22 atom stereocenters. The number of aliphatic hydroxyl groups is 8. The number of likely N-dealkylation sites (N-methyl/N-ethyl adjacent to an activating group) is 1. The van der Waals surface area contributed by atoms with Crippen molar-refractivity contribution in [3.05, 3.63) is 129 Å². The summed E-state index contributed by atoms with van der Waals surface area (Å²) in [6.45, 7) is 10.2. The lowest BCUT2D eigenvalue weighted by Crippen LogP contribution is -2.65. The van der Waals surface area contributed by atoms with Crippen LogP contribution in [0.15, 0.2) is 84.6 Å². The highest BCUT2D eigenvalue weighted by molar-refractivity contribution is 6.01. The third kappa shape index (κ3) is 17.5. The third-order valence-electron chi connectivity index (χ3n) is 21.1. The fraction of sp³-hybridized carbons (Fsp3) is 0.474. The van der Waals surface area contributed by atoms with E-state index in [9.17, 15) is 75.3 Å². The first-order chi connectivity index (χ1) is 53.9. The van der Waals surface area contributed by atoms with Crippen LogP contribution in [0.2, 0.25) is 0 Å². The Labute approximate surface area is 652 Å². The molecule has 114 heavy (non-hydrogen) atoms. The Balaban J connectivity index is 1.08. The molecule has 0 saturated carbocycles. The zero-order valence-electron chi connectivity index (χ0n) is 63.6. The minimum Gasteiger partial charge on any atom is -0.508 e. The van der Waals surface area contributed by atoms with Crippen LogP contribution in [-0.4, -0.2) is 240 Å². The number of ether oxygens (including phenoxy) is 8. The average Bonchev–Trinajstić information content (AvgIpc) is 0.767. The van der Waals surface area contributed by atoms with Crippen LogP contribution in [0.1, 0.15) is 122 Å². The molecule has 8 aliphatic rings. The minimum atomic E-state index is -2.30. The number of aromatic hydroxyl groups is 3. The van der Waals surface area contributed by atoms with Gasteiger partial charge in [0, 0.05) is 28.5 Å². The molecular weight excluding hydrogens is 1500 g/mol. The Bertz CT molecular complexity index is 4570. The Morgan fingerprint density at radius 2 is 1.20 bits per heavy atom. The van der Waals surface area contributed by atoms with Gasteiger partial charge in [0.15, 0.2) is 35.6 Å².